The molecule has 6 heteroatoms. The van der Waals surface area contributed by atoms with Crippen molar-refractivity contribution in [2.75, 3.05) is 5.32 Å². The lowest BCUT2D eigenvalue weighted by Gasteiger charge is -2.02. The van der Waals surface area contributed by atoms with Gasteiger partial charge in [-0.05, 0) is 36.8 Å². The Labute approximate surface area is 165 Å². The molecule has 28 heavy (non-hydrogen) atoms. The van der Waals surface area contributed by atoms with Gasteiger partial charge in [0, 0.05) is 22.7 Å². The third kappa shape index (κ3) is 3.56. The highest BCUT2D eigenvalue weighted by molar-refractivity contribution is 7.11. The van der Waals surface area contributed by atoms with Crippen LogP contribution in [-0.2, 0) is 0 Å². The Morgan fingerprint density at radius 3 is 2.89 bits per heavy atom. The molecule has 2 aromatic heterocycles. The van der Waals surface area contributed by atoms with Gasteiger partial charge in [0.2, 0.25) is 0 Å². The molecule has 0 fully saturated rings. The Morgan fingerprint density at radius 2 is 2.07 bits per heavy atom. The Hall–Kier alpha value is -3.69. The molecule has 0 aliphatic heterocycles. The van der Waals surface area contributed by atoms with Crippen LogP contribution in [-0.4, -0.2) is 4.98 Å². The third-order valence-electron chi connectivity index (χ3n) is 4.17. The fourth-order valence-electron chi connectivity index (χ4n) is 2.79. The molecule has 0 bridgehead atoms. The van der Waals surface area contributed by atoms with Gasteiger partial charge in [-0.15, -0.1) is 11.3 Å². The predicted molar refractivity (Wildman–Crippen MR) is 112 cm³/mol. The Kier molecular flexibility index (Phi) is 4.75. The minimum atomic E-state index is -0.448. The molecular formula is C22H15N3O2S. The third-order valence-corrected chi connectivity index (χ3v) is 5.05. The number of hydrogen-bond donors (Lipinski definition) is 1. The van der Waals surface area contributed by atoms with Crippen LogP contribution in [0.4, 0.5) is 5.69 Å². The molecule has 136 valence electrons. The fraction of sp³-hybridized carbons (Fsp3) is 0.0455. The van der Waals surface area contributed by atoms with Gasteiger partial charge in [-0.25, -0.2) is 9.78 Å². The first-order chi connectivity index (χ1) is 13.6. The van der Waals surface area contributed by atoms with Gasteiger partial charge in [0.05, 0.1) is 11.3 Å². The van der Waals surface area contributed by atoms with Crippen LogP contribution in [0.1, 0.15) is 10.6 Å². The topological polar surface area (TPSA) is 78.9 Å². The number of aryl methyl sites for hydroxylation is 1. The van der Waals surface area contributed by atoms with Gasteiger partial charge in [0.25, 0.3) is 0 Å². The summed E-state index contributed by atoms with van der Waals surface area (Å²) < 4.78 is 5.38. The molecule has 0 aliphatic carbocycles. The van der Waals surface area contributed by atoms with Crippen molar-refractivity contribution in [3.05, 3.63) is 87.2 Å². The Bertz CT molecular complexity index is 1290. The molecule has 0 spiro atoms. The minimum Gasteiger partial charge on any atom is -0.422 e. The van der Waals surface area contributed by atoms with Crippen LogP contribution in [0.5, 0.6) is 0 Å². The van der Waals surface area contributed by atoms with Crippen molar-refractivity contribution in [3.8, 4) is 17.3 Å². The highest BCUT2D eigenvalue weighted by atomic mass is 32.1. The van der Waals surface area contributed by atoms with Crippen molar-refractivity contribution < 1.29 is 4.42 Å². The van der Waals surface area contributed by atoms with Crippen molar-refractivity contribution in [3.63, 3.8) is 0 Å². The highest BCUT2D eigenvalue weighted by Gasteiger charge is 2.13. The molecule has 0 amide bonds. The van der Waals surface area contributed by atoms with Gasteiger partial charge in [-0.2, -0.15) is 5.26 Å². The van der Waals surface area contributed by atoms with E-state index in [9.17, 15) is 10.1 Å². The second kappa shape index (κ2) is 7.51. The van der Waals surface area contributed by atoms with Crippen LogP contribution < -0.4 is 10.9 Å². The maximum atomic E-state index is 12.3. The van der Waals surface area contributed by atoms with E-state index in [-0.39, 0.29) is 0 Å². The number of rotatable bonds is 4. The summed E-state index contributed by atoms with van der Waals surface area (Å²) in [5, 5.41) is 15.8. The summed E-state index contributed by atoms with van der Waals surface area (Å²) in [7, 11) is 0. The summed E-state index contributed by atoms with van der Waals surface area (Å²) in [6.45, 7) is 2.00. The zero-order valence-electron chi connectivity index (χ0n) is 15.0. The van der Waals surface area contributed by atoms with E-state index >= 15 is 0 Å². The lowest BCUT2D eigenvalue weighted by atomic mass is 10.1. The first-order valence-electron chi connectivity index (χ1n) is 8.57. The number of hydrogen-bond acceptors (Lipinski definition) is 6. The fourth-order valence-corrected chi connectivity index (χ4v) is 3.58. The largest absolute Gasteiger partial charge is 0.422 e. The molecular weight excluding hydrogens is 370 g/mol. The first kappa shape index (κ1) is 17.7. The Balaban J connectivity index is 1.66. The second-order valence-corrected chi connectivity index (χ2v) is 7.06. The maximum Gasteiger partial charge on any atom is 0.345 e. The van der Waals surface area contributed by atoms with E-state index in [2.05, 4.69) is 16.4 Å². The van der Waals surface area contributed by atoms with Crippen LogP contribution in [0.15, 0.2) is 75.4 Å². The SMILES string of the molecule is Cc1cccc(N/C=C(\C#N)c2nc(-c3cc4ccccc4oc3=O)cs2)c1. The van der Waals surface area contributed by atoms with E-state index in [0.717, 1.165) is 16.6 Å². The Morgan fingerprint density at radius 1 is 1.21 bits per heavy atom. The van der Waals surface area contributed by atoms with E-state index in [1.54, 1.807) is 23.7 Å². The molecule has 0 unspecified atom stereocenters. The first-order valence-corrected chi connectivity index (χ1v) is 9.44. The average molecular weight is 385 g/mol. The van der Waals surface area contributed by atoms with Crippen molar-refractivity contribution in [2.24, 2.45) is 0 Å². The summed E-state index contributed by atoms with van der Waals surface area (Å²) in [4.78, 5) is 16.8. The van der Waals surface area contributed by atoms with Crippen molar-refractivity contribution in [2.45, 2.75) is 6.92 Å². The maximum absolute atomic E-state index is 12.3. The normalized spacial score (nSPS) is 11.4. The van der Waals surface area contributed by atoms with E-state index < -0.39 is 5.63 Å². The van der Waals surface area contributed by atoms with E-state index in [1.165, 1.54) is 11.3 Å². The number of allylic oxidation sites excluding steroid dienone is 1. The molecule has 0 saturated heterocycles. The number of benzene rings is 2. The molecule has 5 nitrogen and oxygen atoms in total. The predicted octanol–water partition coefficient (Wildman–Crippen LogP) is 5.20. The molecule has 4 rings (SSSR count). The number of thiazole rings is 1. The van der Waals surface area contributed by atoms with E-state index in [4.69, 9.17) is 4.42 Å². The van der Waals surface area contributed by atoms with Gasteiger partial charge in [-0.1, -0.05) is 30.3 Å². The molecule has 1 N–H and O–H groups in total. The van der Waals surface area contributed by atoms with Crippen LogP contribution in [0.25, 0.3) is 27.8 Å². The molecule has 0 aliphatic rings. The summed E-state index contributed by atoms with van der Waals surface area (Å²) >= 11 is 1.31. The second-order valence-electron chi connectivity index (χ2n) is 6.21. The van der Waals surface area contributed by atoms with Gasteiger partial charge in [0.15, 0.2) is 0 Å². The number of anilines is 1. The summed E-state index contributed by atoms with van der Waals surface area (Å²) in [6, 6.07) is 19.1. The van der Waals surface area contributed by atoms with Gasteiger partial charge < -0.3 is 9.73 Å². The van der Waals surface area contributed by atoms with E-state index in [1.807, 2.05) is 49.4 Å². The van der Waals surface area contributed by atoms with Crippen LogP contribution in [0, 0.1) is 18.3 Å². The van der Waals surface area contributed by atoms with Crippen LogP contribution >= 0.6 is 11.3 Å². The molecule has 2 heterocycles. The van der Waals surface area contributed by atoms with Gasteiger partial charge >= 0.3 is 5.63 Å². The monoisotopic (exact) mass is 385 g/mol. The van der Waals surface area contributed by atoms with Crippen LogP contribution in [0.3, 0.4) is 0 Å². The van der Waals surface area contributed by atoms with Gasteiger partial charge in [-0.3, -0.25) is 0 Å². The molecule has 0 saturated carbocycles. The number of nitriles is 1. The quantitative estimate of drug-likeness (QED) is 0.386. The lowest BCUT2D eigenvalue weighted by Crippen LogP contribution is -2.02. The minimum absolute atomic E-state index is 0.380. The zero-order chi connectivity index (χ0) is 19.5. The zero-order valence-corrected chi connectivity index (χ0v) is 15.8. The average Bonchev–Trinajstić information content (AvgIpc) is 3.18. The molecule has 2 aromatic carbocycles. The van der Waals surface area contributed by atoms with Gasteiger partial charge in [0.1, 0.15) is 22.2 Å². The highest BCUT2D eigenvalue weighted by Crippen LogP contribution is 2.26. The molecule has 0 radical (unpaired) electrons. The number of fused-ring (bicyclic) bond motifs is 1. The van der Waals surface area contributed by atoms with Crippen molar-refractivity contribution in [1.29, 1.82) is 5.26 Å². The number of nitrogens with one attached hydrogen (secondary N) is 1. The summed E-state index contributed by atoms with van der Waals surface area (Å²) in [6.07, 6.45) is 1.63. The smallest absolute Gasteiger partial charge is 0.345 e. The number of para-hydroxylation sites is 1. The molecule has 0 atom stereocenters. The van der Waals surface area contributed by atoms with Crippen LogP contribution in [0.2, 0.25) is 0 Å². The number of nitrogens with zero attached hydrogens (tertiary/aromatic N) is 2. The summed E-state index contributed by atoms with van der Waals surface area (Å²) in [5.41, 5.74) is 3.36. The van der Waals surface area contributed by atoms with Crippen molar-refractivity contribution in [1.82, 2.24) is 4.98 Å². The lowest BCUT2D eigenvalue weighted by molar-refractivity contribution is 0.563. The van der Waals surface area contributed by atoms with E-state index in [0.29, 0.717) is 27.4 Å². The molecule has 4 aromatic rings. The van der Waals surface area contributed by atoms with Crippen molar-refractivity contribution >= 4 is 33.6 Å². The standard InChI is InChI=1S/C22H15N3O2S/c1-14-5-4-7-17(9-14)24-12-16(11-23)21-25-19(13-28-21)18-10-15-6-2-3-8-20(15)27-22(18)26/h2-10,12-13,24H,1H3/b16-12+. The number of aromatic nitrogens is 1. The summed E-state index contributed by atoms with van der Waals surface area (Å²) in [5.74, 6) is 0.